The minimum atomic E-state index is -3.43. The second kappa shape index (κ2) is 5.19. The number of halogens is 1. The number of nitrogen functional groups attached to an aromatic ring is 1. The lowest BCUT2D eigenvalue weighted by Crippen LogP contribution is -2.38. The highest BCUT2D eigenvalue weighted by atomic mass is 79.9. The van der Waals surface area contributed by atoms with E-state index in [0.717, 1.165) is 12.8 Å². The third kappa shape index (κ3) is 2.70. The highest BCUT2D eigenvalue weighted by Crippen LogP contribution is 2.29. The molecule has 1 heterocycles. The maximum atomic E-state index is 12.5. The fraction of sp³-hybridized carbons (Fsp3) is 0.500. The maximum Gasteiger partial charge on any atom is 0.244 e. The number of hydrogen-bond donors (Lipinski definition) is 1. The smallest absolute Gasteiger partial charge is 0.244 e. The average molecular weight is 333 g/mol. The average Bonchev–Trinajstić information content (AvgIpc) is 2.32. The summed E-state index contributed by atoms with van der Waals surface area (Å²) >= 11 is 3.28. The number of nitrogens with zero attached hydrogens (tertiary/aromatic N) is 1. The van der Waals surface area contributed by atoms with Crippen LogP contribution >= 0.6 is 15.9 Å². The van der Waals surface area contributed by atoms with Crippen molar-refractivity contribution in [3.63, 3.8) is 0 Å². The van der Waals surface area contributed by atoms with E-state index in [2.05, 4.69) is 22.9 Å². The van der Waals surface area contributed by atoms with Crippen LogP contribution in [0.15, 0.2) is 27.6 Å². The van der Waals surface area contributed by atoms with E-state index in [-0.39, 0.29) is 4.90 Å². The fourth-order valence-electron chi connectivity index (χ4n) is 2.08. The van der Waals surface area contributed by atoms with Gasteiger partial charge in [-0.3, -0.25) is 0 Å². The van der Waals surface area contributed by atoms with Crippen molar-refractivity contribution in [2.75, 3.05) is 18.8 Å². The zero-order valence-electron chi connectivity index (χ0n) is 10.3. The second-order valence-corrected chi connectivity index (χ2v) is 7.54. The van der Waals surface area contributed by atoms with Crippen LogP contribution in [0.4, 0.5) is 5.69 Å². The summed E-state index contributed by atoms with van der Waals surface area (Å²) in [5.74, 6) is 0.598. The normalized spacial score (nSPS) is 19.0. The van der Waals surface area contributed by atoms with Crippen molar-refractivity contribution >= 4 is 31.6 Å². The number of sulfonamides is 1. The van der Waals surface area contributed by atoms with E-state index >= 15 is 0 Å². The molecule has 1 aromatic rings. The molecular weight excluding hydrogens is 316 g/mol. The Balaban J connectivity index is 2.33. The predicted molar refractivity (Wildman–Crippen MR) is 75.7 cm³/mol. The second-order valence-electron chi connectivity index (χ2n) is 4.78. The lowest BCUT2D eigenvalue weighted by molar-refractivity contribution is 0.288. The Bertz CT molecular complexity index is 537. The molecular formula is C12H17BrN2O2S. The number of nitrogens with two attached hydrogens (primary N) is 1. The first-order valence-corrected chi connectivity index (χ1v) is 8.20. The van der Waals surface area contributed by atoms with Gasteiger partial charge in [-0.05, 0) is 52.9 Å². The molecule has 2 rings (SSSR count). The summed E-state index contributed by atoms with van der Waals surface area (Å²) in [6, 6.07) is 4.87. The van der Waals surface area contributed by atoms with Crippen molar-refractivity contribution in [3.8, 4) is 0 Å². The van der Waals surface area contributed by atoms with Crippen LogP contribution in [0, 0.1) is 5.92 Å². The lowest BCUT2D eigenvalue weighted by atomic mass is 10.0. The minimum Gasteiger partial charge on any atom is -0.399 e. The van der Waals surface area contributed by atoms with Gasteiger partial charge in [0.25, 0.3) is 0 Å². The molecule has 6 heteroatoms. The van der Waals surface area contributed by atoms with Crippen LogP contribution in [0.3, 0.4) is 0 Å². The van der Waals surface area contributed by atoms with Crippen molar-refractivity contribution in [2.45, 2.75) is 24.7 Å². The summed E-state index contributed by atoms with van der Waals surface area (Å²) in [4.78, 5) is 0.261. The van der Waals surface area contributed by atoms with Gasteiger partial charge in [-0.1, -0.05) is 6.92 Å². The van der Waals surface area contributed by atoms with Crippen molar-refractivity contribution in [1.29, 1.82) is 0 Å². The Kier molecular flexibility index (Phi) is 3.99. The topological polar surface area (TPSA) is 63.4 Å². The minimum absolute atomic E-state index is 0.261. The van der Waals surface area contributed by atoms with Crippen LogP contribution < -0.4 is 5.73 Å². The van der Waals surface area contributed by atoms with E-state index in [1.807, 2.05) is 0 Å². The van der Waals surface area contributed by atoms with Crippen LogP contribution in [0.2, 0.25) is 0 Å². The Morgan fingerprint density at radius 2 is 1.94 bits per heavy atom. The first kappa shape index (κ1) is 13.8. The molecule has 1 aliphatic rings. The highest BCUT2D eigenvalue weighted by Gasteiger charge is 2.29. The molecule has 0 atom stereocenters. The van der Waals surface area contributed by atoms with Crippen LogP contribution in [0.5, 0.6) is 0 Å². The third-order valence-electron chi connectivity index (χ3n) is 3.32. The molecule has 100 valence electrons. The Hall–Kier alpha value is -0.590. The SMILES string of the molecule is CC1CCN(S(=O)(=O)c2cc(N)ccc2Br)CC1. The van der Waals surface area contributed by atoms with E-state index < -0.39 is 10.0 Å². The van der Waals surface area contributed by atoms with Gasteiger partial charge in [0, 0.05) is 23.2 Å². The van der Waals surface area contributed by atoms with Gasteiger partial charge < -0.3 is 5.73 Å². The van der Waals surface area contributed by atoms with Gasteiger partial charge >= 0.3 is 0 Å². The van der Waals surface area contributed by atoms with E-state index in [1.165, 1.54) is 6.07 Å². The molecule has 0 aliphatic carbocycles. The number of piperidine rings is 1. The zero-order valence-corrected chi connectivity index (χ0v) is 12.7. The van der Waals surface area contributed by atoms with E-state index in [1.54, 1.807) is 16.4 Å². The van der Waals surface area contributed by atoms with Gasteiger partial charge in [0.05, 0.1) is 4.90 Å². The van der Waals surface area contributed by atoms with Gasteiger partial charge in [0.15, 0.2) is 0 Å². The summed E-state index contributed by atoms with van der Waals surface area (Å²) < 4.78 is 27.1. The largest absolute Gasteiger partial charge is 0.399 e. The molecule has 18 heavy (non-hydrogen) atoms. The van der Waals surface area contributed by atoms with Crippen molar-refractivity contribution in [2.24, 2.45) is 5.92 Å². The Morgan fingerprint density at radius 1 is 1.33 bits per heavy atom. The van der Waals surface area contributed by atoms with Crippen LogP contribution in [-0.2, 0) is 10.0 Å². The first-order valence-electron chi connectivity index (χ1n) is 5.96. The molecule has 0 bridgehead atoms. The van der Waals surface area contributed by atoms with Crippen molar-refractivity contribution in [3.05, 3.63) is 22.7 Å². The van der Waals surface area contributed by atoms with Gasteiger partial charge in [-0.2, -0.15) is 4.31 Å². The third-order valence-corrected chi connectivity index (χ3v) is 6.21. The van der Waals surface area contributed by atoms with Gasteiger partial charge in [-0.15, -0.1) is 0 Å². The van der Waals surface area contributed by atoms with E-state index in [0.29, 0.717) is 29.2 Å². The standard InChI is InChI=1S/C12H17BrN2O2S/c1-9-4-6-15(7-5-9)18(16,17)12-8-10(14)2-3-11(12)13/h2-3,8-9H,4-7,14H2,1H3. The molecule has 4 nitrogen and oxygen atoms in total. The maximum absolute atomic E-state index is 12.5. The molecule has 0 unspecified atom stereocenters. The van der Waals surface area contributed by atoms with Crippen LogP contribution in [0.25, 0.3) is 0 Å². The number of anilines is 1. The molecule has 0 radical (unpaired) electrons. The number of benzene rings is 1. The number of hydrogen-bond acceptors (Lipinski definition) is 3. The lowest BCUT2D eigenvalue weighted by Gasteiger charge is -2.29. The Labute approximate surface area is 116 Å². The summed E-state index contributed by atoms with van der Waals surface area (Å²) in [5, 5.41) is 0. The molecule has 0 saturated carbocycles. The highest BCUT2D eigenvalue weighted by molar-refractivity contribution is 9.10. The summed E-state index contributed by atoms with van der Waals surface area (Å²) in [6.07, 6.45) is 1.83. The molecule has 2 N–H and O–H groups in total. The predicted octanol–water partition coefficient (Wildman–Crippen LogP) is 2.45. The number of rotatable bonds is 2. The summed E-state index contributed by atoms with van der Waals surface area (Å²) in [7, 11) is -3.43. The monoisotopic (exact) mass is 332 g/mol. The van der Waals surface area contributed by atoms with E-state index in [4.69, 9.17) is 5.73 Å². The molecule has 0 spiro atoms. The molecule has 1 aliphatic heterocycles. The molecule has 1 saturated heterocycles. The van der Waals surface area contributed by atoms with Gasteiger partial charge in [-0.25, -0.2) is 8.42 Å². The molecule has 0 amide bonds. The zero-order chi connectivity index (χ0) is 13.3. The molecule has 1 aromatic carbocycles. The molecule has 1 fully saturated rings. The van der Waals surface area contributed by atoms with Crippen LogP contribution in [-0.4, -0.2) is 25.8 Å². The Morgan fingerprint density at radius 3 is 2.56 bits per heavy atom. The van der Waals surface area contributed by atoms with Gasteiger partial charge in [0.1, 0.15) is 0 Å². The van der Waals surface area contributed by atoms with Crippen LogP contribution in [0.1, 0.15) is 19.8 Å². The fourth-order valence-corrected chi connectivity index (χ4v) is 4.51. The first-order chi connectivity index (χ1) is 8.41. The summed E-state index contributed by atoms with van der Waals surface area (Å²) in [6.45, 7) is 3.33. The summed E-state index contributed by atoms with van der Waals surface area (Å²) in [5.41, 5.74) is 6.13. The van der Waals surface area contributed by atoms with Crippen molar-refractivity contribution < 1.29 is 8.42 Å². The van der Waals surface area contributed by atoms with E-state index in [9.17, 15) is 8.42 Å². The molecule has 0 aromatic heterocycles. The quantitative estimate of drug-likeness (QED) is 0.846. The van der Waals surface area contributed by atoms with Gasteiger partial charge in [0.2, 0.25) is 10.0 Å². The van der Waals surface area contributed by atoms with Crippen molar-refractivity contribution in [1.82, 2.24) is 4.31 Å².